The lowest BCUT2D eigenvalue weighted by molar-refractivity contribution is -0.109. The van der Waals surface area contributed by atoms with Gasteiger partial charge in [-0.05, 0) is 30.6 Å². The van der Waals surface area contributed by atoms with E-state index in [-0.39, 0.29) is 6.04 Å². The van der Waals surface area contributed by atoms with E-state index in [0.29, 0.717) is 5.41 Å². The van der Waals surface area contributed by atoms with Gasteiger partial charge in [0.25, 0.3) is 0 Å². The highest BCUT2D eigenvalue weighted by atomic mass is 16.1. The van der Waals surface area contributed by atoms with Crippen LogP contribution in [0.1, 0.15) is 32.6 Å². The molecule has 2 rings (SSSR count). The van der Waals surface area contributed by atoms with Crippen LogP contribution in [0, 0.1) is 11.3 Å². The Morgan fingerprint density at radius 1 is 1.60 bits per heavy atom. The van der Waals surface area contributed by atoms with E-state index in [2.05, 4.69) is 11.8 Å². The summed E-state index contributed by atoms with van der Waals surface area (Å²) in [5, 5.41) is 0. The van der Waals surface area contributed by atoms with Gasteiger partial charge in [0.15, 0.2) is 0 Å². The molecule has 2 atom stereocenters. The molecule has 0 aromatic heterocycles. The third kappa shape index (κ3) is 2.40. The highest BCUT2D eigenvalue weighted by Crippen LogP contribution is 2.47. The lowest BCUT2D eigenvalue weighted by atomic mass is 9.77. The van der Waals surface area contributed by atoms with Crippen molar-refractivity contribution in [3.05, 3.63) is 0 Å². The van der Waals surface area contributed by atoms with Gasteiger partial charge in [0.05, 0.1) is 6.04 Å². The molecule has 2 fully saturated rings. The van der Waals surface area contributed by atoms with Gasteiger partial charge in [0.1, 0.15) is 6.29 Å². The average Bonchev–Trinajstić information content (AvgIpc) is 2.55. The van der Waals surface area contributed by atoms with Crippen molar-refractivity contribution < 1.29 is 4.79 Å². The van der Waals surface area contributed by atoms with Gasteiger partial charge in [0, 0.05) is 19.6 Å². The number of likely N-dealkylation sites (tertiary alicyclic amines) is 1. The Morgan fingerprint density at radius 3 is 2.87 bits per heavy atom. The molecule has 0 aromatic carbocycles. The Hall–Kier alpha value is -0.410. The minimum absolute atomic E-state index is 0.260. The number of nitrogens with zero attached hydrogens (tertiary/aromatic N) is 1. The summed E-state index contributed by atoms with van der Waals surface area (Å²) in [4.78, 5) is 12.8. The number of carbonyl (C=O) groups is 1. The molecule has 0 aromatic rings. The van der Waals surface area contributed by atoms with E-state index in [1.807, 2.05) is 0 Å². The largest absolute Gasteiger partial charge is 0.322 e. The topological polar surface area (TPSA) is 46.3 Å². The van der Waals surface area contributed by atoms with Gasteiger partial charge in [-0.25, -0.2) is 0 Å². The molecule has 1 spiro atoms. The van der Waals surface area contributed by atoms with Crippen molar-refractivity contribution in [2.45, 2.75) is 38.6 Å². The molecule has 2 aliphatic rings. The quantitative estimate of drug-likeness (QED) is 0.705. The van der Waals surface area contributed by atoms with Gasteiger partial charge in [-0.15, -0.1) is 0 Å². The number of rotatable bonds is 4. The third-order valence-corrected chi connectivity index (χ3v) is 4.02. The van der Waals surface area contributed by atoms with Gasteiger partial charge in [-0.3, -0.25) is 0 Å². The first kappa shape index (κ1) is 11.1. The molecule has 0 bridgehead atoms. The van der Waals surface area contributed by atoms with Crippen LogP contribution in [0.2, 0.25) is 0 Å². The van der Waals surface area contributed by atoms with Crippen LogP contribution in [0.15, 0.2) is 0 Å². The normalized spacial score (nSPS) is 31.5. The van der Waals surface area contributed by atoms with Crippen LogP contribution >= 0.6 is 0 Å². The lowest BCUT2D eigenvalue weighted by Gasteiger charge is -2.49. The maximum absolute atomic E-state index is 10.4. The molecule has 1 saturated carbocycles. The maximum Gasteiger partial charge on any atom is 0.136 e. The van der Waals surface area contributed by atoms with Crippen molar-refractivity contribution in [3.63, 3.8) is 0 Å². The molecule has 0 radical (unpaired) electrons. The minimum atomic E-state index is -0.260. The van der Waals surface area contributed by atoms with E-state index in [1.54, 1.807) is 0 Å². The van der Waals surface area contributed by atoms with E-state index in [0.717, 1.165) is 25.2 Å². The molecule has 2 unspecified atom stereocenters. The molecule has 1 heterocycles. The smallest absolute Gasteiger partial charge is 0.136 e. The van der Waals surface area contributed by atoms with Gasteiger partial charge in [-0.2, -0.15) is 0 Å². The molecule has 86 valence electrons. The molecule has 1 aliphatic heterocycles. The Balaban J connectivity index is 1.67. The van der Waals surface area contributed by atoms with E-state index < -0.39 is 0 Å². The van der Waals surface area contributed by atoms with Gasteiger partial charge in [0.2, 0.25) is 0 Å². The zero-order chi connectivity index (χ0) is 10.9. The van der Waals surface area contributed by atoms with Crippen molar-refractivity contribution >= 4 is 6.29 Å². The zero-order valence-electron chi connectivity index (χ0n) is 9.61. The monoisotopic (exact) mass is 210 g/mol. The predicted molar refractivity (Wildman–Crippen MR) is 60.5 cm³/mol. The summed E-state index contributed by atoms with van der Waals surface area (Å²) in [7, 11) is 0. The molecule has 1 saturated heterocycles. The van der Waals surface area contributed by atoms with Crippen LogP contribution in [0.25, 0.3) is 0 Å². The van der Waals surface area contributed by atoms with Crippen LogP contribution in [0.4, 0.5) is 0 Å². The van der Waals surface area contributed by atoms with E-state index >= 15 is 0 Å². The van der Waals surface area contributed by atoms with Crippen molar-refractivity contribution in [2.24, 2.45) is 17.1 Å². The first-order valence-electron chi connectivity index (χ1n) is 6.07. The Kier molecular flexibility index (Phi) is 3.12. The fourth-order valence-electron chi connectivity index (χ4n) is 3.24. The van der Waals surface area contributed by atoms with Crippen molar-refractivity contribution in [1.82, 2.24) is 4.90 Å². The molecule has 3 nitrogen and oxygen atoms in total. The Bertz CT molecular complexity index is 236. The summed E-state index contributed by atoms with van der Waals surface area (Å²) in [6.45, 7) is 5.83. The highest BCUT2D eigenvalue weighted by molar-refractivity contribution is 5.56. The predicted octanol–water partition coefficient (Wildman–Crippen LogP) is 1.02. The number of hydrogen-bond donors (Lipinski definition) is 1. The van der Waals surface area contributed by atoms with Gasteiger partial charge < -0.3 is 15.4 Å². The number of aldehydes is 1. The second kappa shape index (κ2) is 4.22. The van der Waals surface area contributed by atoms with Gasteiger partial charge >= 0.3 is 0 Å². The minimum Gasteiger partial charge on any atom is -0.322 e. The van der Waals surface area contributed by atoms with Crippen molar-refractivity contribution in [1.29, 1.82) is 0 Å². The summed E-state index contributed by atoms with van der Waals surface area (Å²) in [5.41, 5.74) is 6.22. The first-order valence-corrected chi connectivity index (χ1v) is 6.07. The summed E-state index contributed by atoms with van der Waals surface area (Å²) in [6.07, 6.45) is 5.89. The summed E-state index contributed by atoms with van der Waals surface area (Å²) in [5.74, 6) is 0.921. The van der Waals surface area contributed by atoms with Gasteiger partial charge in [-0.1, -0.05) is 13.3 Å². The molecule has 0 amide bonds. The highest BCUT2D eigenvalue weighted by Gasteiger charge is 2.46. The molecular formula is C12H22N2O. The second-order valence-corrected chi connectivity index (χ2v) is 5.65. The Morgan fingerprint density at radius 2 is 2.33 bits per heavy atom. The van der Waals surface area contributed by atoms with Crippen molar-refractivity contribution in [2.75, 3.05) is 19.6 Å². The fourth-order valence-corrected chi connectivity index (χ4v) is 3.24. The average molecular weight is 210 g/mol. The number of hydrogen-bond acceptors (Lipinski definition) is 3. The second-order valence-electron chi connectivity index (χ2n) is 5.65. The maximum atomic E-state index is 10.4. The van der Waals surface area contributed by atoms with Crippen LogP contribution in [0.5, 0.6) is 0 Å². The third-order valence-electron chi connectivity index (χ3n) is 4.02. The SMILES string of the molecule is CC1CCC2(C1)CN(CCC(N)C=O)C2. The van der Waals surface area contributed by atoms with Crippen molar-refractivity contribution in [3.8, 4) is 0 Å². The van der Waals surface area contributed by atoms with Crippen LogP contribution in [0.3, 0.4) is 0 Å². The lowest BCUT2D eigenvalue weighted by Crippen LogP contribution is -2.55. The summed E-state index contributed by atoms with van der Waals surface area (Å²) >= 11 is 0. The standard InChI is InChI=1S/C12H22N2O/c1-10-2-4-12(6-10)8-14(9-12)5-3-11(13)7-15/h7,10-11H,2-6,8-9,13H2,1H3. The van der Waals surface area contributed by atoms with Crippen LogP contribution in [-0.2, 0) is 4.79 Å². The summed E-state index contributed by atoms with van der Waals surface area (Å²) in [6, 6.07) is -0.260. The number of nitrogens with two attached hydrogens (primary N) is 1. The molecule has 2 N–H and O–H groups in total. The summed E-state index contributed by atoms with van der Waals surface area (Å²) < 4.78 is 0. The Labute approximate surface area is 92.0 Å². The molecule has 3 heteroatoms. The molecular weight excluding hydrogens is 188 g/mol. The molecule has 1 aliphatic carbocycles. The first-order chi connectivity index (χ1) is 7.13. The fraction of sp³-hybridized carbons (Fsp3) is 0.917. The number of carbonyl (C=O) groups excluding carboxylic acids is 1. The van der Waals surface area contributed by atoms with Crippen LogP contribution < -0.4 is 5.73 Å². The van der Waals surface area contributed by atoms with E-state index in [1.165, 1.54) is 32.4 Å². The molecule has 15 heavy (non-hydrogen) atoms. The zero-order valence-corrected chi connectivity index (χ0v) is 9.61. The van der Waals surface area contributed by atoms with E-state index in [9.17, 15) is 4.79 Å². The van der Waals surface area contributed by atoms with E-state index in [4.69, 9.17) is 5.73 Å². The van der Waals surface area contributed by atoms with Crippen LogP contribution in [-0.4, -0.2) is 36.9 Å².